The van der Waals surface area contributed by atoms with E-state index in [2.05, 4.69) is 20.7 Å². The molecule has 0 saturated heterocycles. The van der Waals surface area contributed by atoms with Gasteiger partial charge in [-0.25, -0.2) is 0 Å². The highest BCUT2D eigenvalue weighted by Gasteiger charge is 2.19. The van der Waals surface area contributed by atoms with Gasteiger partial charge >= 0.3 is 5.97 Å². The number of nitrogens with zero attached hydrogens (tertiary/aromatic N) is 1. The number of rotatable bonds is 4. The Labute approximate surface area is 109 Å². The molecule has 1 aromatic carbocycles. The molecule has 0 N–H and O–H groups in total. The lowest BCUT2D eigenvalue weighted by Gasteiger charge is -2.19. The van der Waals surface area contributed by atoms with Gasteiger partial charge in [-0.2, -0.15) is 0 Å². The summed E-state index contributed by atoms with van der Waals surface area (Å²) in [6, 6.07) is 7.12. The molecule has 92 valence electrons. The van der Waals surface area contributed by atoms with E-state index in [1.807, 2.05) is 13.0 Å². The minimum Gasteiger partial charge on any atom is -0.468 e. The zero-order valence-electron chi connectivity index (χ0n) is 9.77. The number of amides is 1. The summed E-state index contributed by atoms with van der Waals surface area (Å²) in [4.78, 5) is 24.7. The Bertz CT molecular complexity index is 420. The Balaban J connectivity index is 2.87. The van der Waals surface area contributed by atoms with Crippen molar-refractivity contribution < 1.29 is 14.3 Å². The quantitative estimate of drug-likeness (QED) is 0.800. The average Bonchev–Trinajstić information content (AvgIpc) is 2.35. The lowest BCUT2D eigenvalue weighted by Crippen LogP contribution is -2.36. The Kier molecular flexibility index (Phi) is 5.15. The summed E-state index contributed by atoms with van der Waals surface area (Å²) in [5.74, 6) is -0.613. The second kappa shape index (κ2) is 6.39. The van der Waals surface area contributed by atoms with Gasteiger partial charge in [0.25, 0.3) is 5.91 Å². The molecule has 0 heterocycles. The number of hydrogen-bond acceptors (Lipinski definition) is 3. The van der Waals surface area contributed by atoms with E-state index in [1.165, 1.54) is 12.0 Å². The van der Waals surface area contributed by atoms with Crippen molar-refractivity contribution in [3.05, 3.63) is 34.3 Å². The number of methoxy groups -OCH3 is 1. The Morgan fingerprint density at radius 1 is 1.35 bits per heavy atom. The molecule has 0 fully saturated rings. The maximum atomic E-state index is 12.1. The zero-order chi connectivity index (χ0) is 12.8. The summed E-state index contributed by atoms with van der Waals surface area (Å²) in [6.45, 7) is 2.24. The first-order valence-corrected chi connectivity index (χ1v) is 6.00. The molecule has 0 atom stereocenters. The molecule has 1 aromatic rings. The number of hydrogen-bond donors (Lipinski definition) is 0. The summed E-state index contributed by atoms with van der Waals surface area (Å²) in [6.07, 6.45) is 0. The Hall–Kier alpha value is -1.36. The highest BCUT2D eigenvalue weighted by Crippen LogP contribution is 2.17. The van der Waals surface area contributed by atoms with Crippen LogP contribution in [0, 0.1) is 0 Å². The maximum Gasteiger partial charge on any atom is 0.325 e. The van der Waals surface area contributed by atoms with Gasteiger partial charge in [0.2, 0.25) is 0 Å². The van der Waals surface area contributed by atoms with Gasteiger partial charge in [-0.05, 0) is 35.0 Å². The van der Waals surface area contributed by atoms with Gasteiger partial charge in [-0.3, -0.25) is 9.59 Å². The van der Waals surface area contributed by atoms with Crippen LogP contribution in [0.5, 0.6) is 0 Å². The first-order valence-electron chi connectivity index (χ1n) is 5.20. The van der Waals surface area contributed by atoms with E-state index in [-0.39, 0.29) is 12.5 Å². The minimum atomic E-state index is -0.424. The van der Waals surface area contributed by atoms with Crippen LogP contribution in [0.2, 0.25) is 0 Å². The van der Waals surface area contributed by atoms with E-state index in [9.17, 15) is 9.59 Å². The topological polar surface area (TPSA) is 46.6 Å². The molecule has 17 heavy (non-hydrogen) atoms. The third-order valence-electron chi connectivity index (χ3n) is 2.32. The first-order chi connectivity index (χ1) is 8.10. The SMILES string of the molecule is CCN(CC(=O)OC)C(=O)c1ccccc1Br. The second-order valence-corrected chi connectivity index (χ2v) is 4.23. The van der Waals surface area contributed by atoms with Crippen molar-refractivity contribution in [2.24, 2.45) is 0 Å². The Morgan fingerprint density at radius 3 is 2.53 bits per heavy atom. The second-order valence-electron chi connectivity index (χ2n) is 3.38. The molecule has 4 nitrogen and oxygen atoms in total. The lowest BCUT2D eigenvalue weighted by molar-refractivity contribution is -0.141. The van der Waals surface area contributed by atoms with Gasteiger partial charge in [-0.1, -0.05) is 12.1 Å². The molecular weight excluding hydrogens is 286 g/mol. The lowest BCUT2D eigenvalue weighted by atomic mass is 10.2. The smallest absolute Gasteiger partial charge is 0.325 e. The third-order valence-corrected chi connectivity index (χ3v) is 3.01. The maximum absolute atomic E-state index is 12.1. The van der Waals surface area contributed by atoms with E-state index in [4.69, 9.17) is 0 Å². The fourth-order valence-corrected chi connectivity index (χ4v) is 1.81. The molecule has 0 aliphatic carbocycles. The predicted octanol–water partition coefficient (Wildman–Crippen LogP) is 2.08. The van der Waals surface area contributed by atoms with Crippen molar-refractivity contribution >= 4 is 27.8 Å². The highest BCUT2D eigenvalue weighted by atomic mass is 79.9. The van der Waals surface area contributed by atoms with Crippen LogP contribution < -0.4 is 0 Å². The van der Waals surface area contributed by atoms with Crippen molar-refractivity contribution in [2.75, 3.05) is 20.2 Å². The number of esters is 1. The molecule has 0 unspecified atom stereocenters. The summed E-state index contributed by atoms with van der Waals surface area (Å²) in [7, 11) is 1.30. The summed E-state index contributed by atoms with van der Waals surface area (Å²) >= 11 is 3.31. The van der Waals surface area contributed by atoms with Gasteiger partial charge in [0.05, 0.1) is 12.7 Å². The molecule has 0 spiro atoms. The third kappa shape index (κ3) is 3.56. The van der Waals surface area contributed by atoms with Gasteiger partial charge in [-0.15, -0.1) is 0 Å². The highest BCUT2D eigenvalue weighted by molar-refractivity contribution is 9.10. The number of benzene rings is 1. The molecule has 0 saturated carbocycles. The summed E-state index contributed by atoms with van der Waals surface area (Å²) < 4.78 is 5.27. The van der Waals surface area contributed by atoms with Crippen LogP contribution in [0.15, 0.2) is 28.7 Å². The minimum absolute atomic E-state index is 0.0346. The monoisotopic (exact) mass is 299 g/mol. The first kappa shape index (κ1) is 13.7. The summed E-state index contributed by atoms with van der Waals surface area (Å²) in [5.41, 5.74) is 0.540. The fourth-order valence-electron chi connectivity index (χ4n) is 1.35. The van der Waals surface area contributed by atoms with E-state index in [0.29, 0.717) is 16.6 Å². The molecule has 1 amide bonds. The van der Waals surface area contributed by atoms with Crippen molar-refractivity contribution in [2.45, 2.75) is 6.92 Å². The van der Waals surface area contributed by atoms with Crippen LogP contribution in [0.1, 0.15) is 17.3 Å². The standard InChI is InChI=1S/C12H14BrNO3/c1-3-14(8-11(15)17-2)12(16)9-6-4-5-7-10(9)13/h4-7H,3,8H2,1-2H3. The van der Waals surface area contributed by atoms with Gasteiger partial charge in [0.1, 0.15) is 6.54 Å². The van der Waals surface area contributed by atoms with Crippen LogP contribution >= 0.6 is 15.9 Å². The number of carbonyl (C=O) groups is 2. The predicted molar refractivity (Wildman–Crippen MR) is 67.7 cm³/mol. The molecule has 0 aromatic heterocycles. The molecule has 0 aliphatic heterocycles. The largest absolute Gasteiger partial charge is 0.468 e. The van der Waals surface area contributed by atoms with E-state index in [0.717, 1.165) is 0 Å². The molecule has 1 rings (SSSR count). The zero-order valence-corrected chi connectivity index (χ0v) is 11.4. The van der Waals surface area contributed by atoms with Gasteiger partial charge < -0.3 is 9.64 Å². The van der Waals surface area contributed by atoms with Crippen molar-refractivity contribution in [3.8, 4) is 0 Å². The number of carbonyl (C=O) groups excluding carboxylic acids is 2. The van der Waals surface area contributed by atoms with Crippen LogP contribution in [0.3, 0.4) is 0 Å². The van der Waals surface area contributed by atoms with Crippen molar-refractivity contribution in [1.29, 1.82) is 0 Å². The van der Waals surface area contributed by atoms with E-state index < -0.39 is 5.97 Å². The average molecular weight is 300 g/mol. The number of halogens is 1. The molecule has 0 aliphatic rings. The molecule has 0 bridgehead atoms. The molecule has 0 radical (unpaired) electrons. The molecular formula is C12H14BrNO3. The summed E-state index contributed by atoms with van der Waals surface area (Å²) in [5, 5.41) is 0. The van der Waals surface area contributed by atoms with Crippen molar-refractivity contribution in [1.82, 2.24) is 4.90 Å². The normalized spacial score (nSPS) is 9.82. The fraction of sp³-hybridized carbons (Fsp3) is 0.333. The van der Waals surface area contributed by atoms with E-state index in [1.54, 1.807) is 18.2 Å². The van der Waals surface area contributed by atoms with Crippen LogP contribution in [0.4, 0.5) is 0 Å². The Morgan fingerprint density at radius 2 is 2.00 bits per heavy atom. The van der Waals surface area contributed by atoms with Gasteiger partial charge in [0, 0.05) is 11.0 Å². The number of likely N-dealkylation sites (N-methyl/N-ethyl adjacent to an activating group) is 1. The van der Waals surface area contributed by atoms with E-state index >= 15 is 0 Å². The number of ether oxygens (including phenoxy) is 1. The van der Waals surface area contributed by atoms with Crippen molar-refractivity contribution in [3.63, 3.8) is 0 Å². The van der Waals surface area contributed by atoms with Crippen LogP contribution in [-0.2, 0) is 9.53 Å². The van der Waals surface area contributed by atoms with Gasteiger partial charge in [0.15, 0.2) is 0 Å². The van der Waals surface area contributed by atoms with Crippen LogP contribution in [0.25, 0.3) is 0 Å². The molecule has 5 heteroatoms. The van der Waals surface area contributed by atoms with Crippen LogP contribution in [-0.4, -0.2) is 37.0 Å².